The van der Waals surface area contributed by atoms with Crippen molar-refractivity contribution in [3.63, 3.8) is 0 Å². The largest absolute Gasteiger partial charge is 0.450 e. The van der Waals surface area contributed by atoms with E-state index in [0.29, 0.717) is 5.69 Å². The zero-order chi connectivity index (χ0) is 16.3. The third kappa shape index (κ3) is 3.03. The van der Waals surface area contributed by atoms with Crippen LogP contribution in [0.25, 0.3) is 5.95 Å². The van der Waals surface area contributed by atoms with E-state index in [4.69, 9.17) is 4.74 Å². The quantitative estimate of drug-likeness (QED) is 0.929. The first-order chi connectivity index (χ1) is 10.5. The third-order valence-electron chi connectivity index (χ3n) is 2.83. The molecule has 0 aromatic carbocycles. The van der Waals surface area contributed by atoms with Crippen LogP contribution >= 0.6 is 0 Å². The van der Waals surface area contributed by atoms with E-state index >= 15 is 0 Å². The van der Waals surface area contributed by atoms with Crippen molar-refractivity contribution >= 4 is 11.9 Å². The Morgan fingerprint density at radius 1 is 1.36 bits per heavy atom. The Morgan fingerprint density at radius 3 is 2.55 bits per heavy atom. The molecule has 2 aromatic rings. The maximum Gasteiger partial charge on any atom is 0.412 e. The Balaban J connectivity index is 2.56. The van der Waals surface area contributed by atoms with Crippen LogP contribution in [-0.2, 0) is 4.74 Å². The lowest BCUT2D eigenvalue weighted by molar-refractivity contribution is 0.167. The summed E-state index contributed by atoms with van der Waals surface area (Å²) in [6.45, 7) is 7.26. The van der Waals surface area contributed by atoms with Crippen LogP contribution in [0, 0.1) is 32.1 Å². The number of amides is 1. The third-order valence-corrected chi connectivity index (χ3v) is 2.83. The van der Waals surface area contributed by atoms with Crippen LogP contribution in [0.1, 0.15) is 29.6 Å². The number of nitrogens with zero attached hydrogens (tertiary/aromatic N) is 5. The molecule has 0 saturated heterocycles. The maximum atomic E-state index is 11.7. The number of anilines is 1. The van der Waals surface area contributed by atoms with Gasteiger partial charge < -0.3 is 4.74 Å². The number of ether oxygens (including phenoxy) is 1. The van der Waals surface area contributed by atoms with Crippen molar-refractivity contribution in [1.82, 2.24) is 19.7 Å². The van der Waals surface area contributed by atoms with Gasteiger partial charge in [0.15, 0.2) is 5.82 Å². The predicted octanol–water partition coefficient (Wildman–Crippen LogP) is 2.03. The van der Waals surface area contributed by atoms with Gasteiger partial charge in [-0.3, -0.25) is 5.32 Å². The van der Waals surface area contributed by atoms with Gasteiger partial charge in [-0.1, -0.05) is 0 Å². The molecule has 2 rings (SSSR count). The van der Waals surface area contributed by atoms with Crippen LogP contribution in [0.2, 0.25) is 0 Å². The van der Waals surface area contributed by atoms with E-state index in [9.17, 15) is 10.1 Å². The predicted molar refractivity (Wildman–Crippen MR) is 78.7 cm³/mol. The number of hydrogen-bond donors (Lipinski definition) is 1. The van der Waals surface area contributed by atoms with Crippen LogP contribution in [0.5, 0.6) is 0 Å². The Kier molecular flexibility index (Phi) is 4.36. The van der Waals surface area contributed by atoms with Crippen LogP contribution < -0.4 is 5.32 Å². The molecule has 0 aliphatic carbocycles. The van der Waals surface area contributed by atoms with Gasteiger partial charge in [0.1, 0.15) is 11.6 Å². The molecule has 0 bridgehead atoms. The van der Waals surface area contributed by atoms with E-state index in [2.05, 4.69) is 20.4 Å². The van der Waals surface area contributed by atoms with Gasteiger partial charge in [0.05, 0.1) is 12.3 Å². The van der Waals surface area contributed by atoms with Crippen molar-refractivity contribution in [3.05, 3.63) is 28.7 Å². The van der Waals surface area contributed by atoms with Crippen LogP contribution in [0.4, 0.5) is 10.6 Å². The highest BCUT2D eigenvalue weighted by molar-refractivity contribution is 5.85. The van der Waals surface area contributed by atoms with Crippen molar-refractivity contribution in [2.75, 3.05) is 11.9 Å². The summed E-state index contributed by atoms with van der Waals surface area (Å²) in [5.41, 5.74) is 2.24. The molecule has 0 aliphatic rings. The standard InChI is InChI=1S/C14H16N6O2/c1-5-22-14(21)18-12-11(7-15)10(4)19-20(12)13-16-8(2)6-9(3)17-13/h6H,5H2,1-4H3,(H,18,21). The van der Waals surface area contributed by atoms with Gasteiger partial charge in [-0.15, -0.1) is 0 Å². The summed E-state index contributed by atoms with van der Waals surface area (Å²) >= 11 is 0. The fourth-order valence-corrected chi connectivity index (χ4v) is 1.99. The van der Waals surface area contributed by atoms with E-state index in [-0.39, 0.29) is 23.9 Å². The summed E-state index contributed by atoms with van der Waals surface area (Å²) in [4.78, 5) is 20.3. The summed E-state index contributed by atoms with van der Waals surface area (Å²) in [6.07, 6.45) is -0.662. The highest BCUT2D eigenvalue weighted by Gasteiger charge is 2.20. The van der Waals surface area contributed by atoms with Crippen molar-refractivity contribution in [3.8, 4) is 12.0 Å². The zero-order valence-electron chi connectivity index (χ0n) is 12.8. The van der Waals surface area contributed by atoms with Gasteiger partial charge in [0, 0.05) is 11.4 Å². The Morgan fingerprint density at radius 2 is 2.00 bits per heavy atom. The number of hydrogen-bond acceptors (Lipinski definition) is 6. The summed E-state index contributed by atoms with van der Waals surface area (Å²) in [6, 6.07) is 3.84. The van der Waals surface area contributed by atoms with E-state index in [1.54, 1.807) is 13.8 Å². The average Bonchev–Trinajstić information content (AvgIpc) is 2.74. The highest BCUT2D eigenvalue weighted by Crippen LogP contribution is 2.21. The van der Waals surface area contributed by atoms with E-state index < -0.39 is 6.09 Å². The normalized spacial score (nSPS) is 10.1. The van der Waals surface area contributed by atoms with Crippen LogP contribution in [0.15, 0.2) is 6.07 Å². The molecule has 1 N–H and O–H groups in total. The number of aryl methyl sites for hydroxylation is 3. The molecule has 0 spiro atoms. The molecule has 0 atom stereocenters. The van der Waals surface area contributed by atoms with E-state index in [1.807, 2.05) is 26.0 Å². The maximum absolute atomic E-state index is 11.7. The molecule has 2 heterocycles. The number of carbonyl (C=O) groups excluding carboxylic acids is 1. The Labute approximate surface area is 127 Å². The molecular weight excluding hydrogens is 284 g/mol. The summed E-state index contributed by atoms with van der Waals surface area (Å²) in [5.74, 6) is 0.484. The second kappa shape index (κ2) is 6.22. The lowest BCUT2D eigenvalue weighted by atomic mass is 10.2. The van der Waals surface area contributed by atoms with E-state index in [1.165, 1.54) is 4.68 Å². The zero-order valence-corrected chi connectivity index (χ0v) is 12.8. The molecule has 2 aromatic heterocycles. The lowest BCUT2D eigenvalue weighted by Gasteiger charge is -2.09. The Hall–Kier alpha value is -2.95. The number of aromatic nitrogens is 4. The minimum Gasteiger partial charge on any atom is -0.450 e. The SMILES string of the molecule is CCOC(=O)Nc1c(C#N)c(C)nn1-c1nc(C)cc(C)n1. The van der Waals surface area contributed by atoms with Crippen molar-refractivity contribution in [1.29, 1.82) is 5.26 Å². The number of rotatable bonds is 3. The first kappa shape index (κ1) is 15.4. The molecule has 0 unspecified atom stereocenters. The second-order valence-electron chi connectivity index (χ2n) is 4.63. The Bertz CT molecular complexity index is 739. The van der Waals surface area contributed by atoms with Gasteiger partial charge >= 0.3 is 6.09 Å². The molecule has 22 heavy (non-hydrogen) atoms. The smallest absolute Gasteiger partial charge is 0.412 e. The molecule has 0 fully saturated rings. The number of carbonyl (C=O) groups is 1. The lowest BCUT2D eigenvalue weighted by Crippen LogP contribution is -2.18. The van der Waals surface area contributed by atoms with Crippen molar-refractivity contribution < 1.29 is 9.53 Å². The minimum atomic E-state index is -0.662. The van der Waals surface area contributed by atoms with Crippen LogP contribution in [-0.4, -0.2) is 32.4 Å². The fourth-order valence-electron chi connectivity index (χ4n) is 1.99. The van der Waals surface area contributed by atoms with Crippen molar-refractivity contribution in [2.45, 2.75) is 27.7 Å². The molecule has 114 valence electrons. The average molecular weight is 300 g/mol. The van der Waals surface area contributed by atoms with Gasteiger partial charge in [-0.2, -0.15) is 15.0 Å². The monoisotopic (exact) mass is 300 g/mol. The van der Waals surface area contributed by atoms with Crippen LogP contribution in [0.3, 0.4) is 0 Å². The molecule has 8 nitrogen and oxygen atoms in total. The highest BCUT2D eigenvalue weighted by atomic mass is 16.5. The fraction of sp³-hybridized carbons (Fsp3) is 0.357. The molecular formula is C14H16N6O2. The molecule has 0 aliphatic heterocycles. The van der Waals surface area contributed by atoms with E-state index in [0.717, 1.165) is 11.4 Å². The topological polar surface area (TPSA) is 106 Å². The van der Waals surface area contributed by atoms with Gasteiger partial charge in [-0.25, -0.2) is 14.8 Å². The number of nitrogens with one attached hydrogen (secondary N) is 1. The summed E-state index contributed by atoms with van der Waals surface area (Å²) in [5, 5.41) is 16.0. The molecule has 1 amide bonds. The molecule has 0 radical (unpaired) electrons. The molecule has 8 heteroatoms. The first-order valence-corrected chi connectivity index (χ1v) is 6.72. The number of nitriles is 1. The van der Waals surface area contributed by atoms with Gasteiger partial charge in [0.25, 0.3) is 5.95 Å². The summed E-state index contributed by atoms with van der Waals surface area (Å²) in [7, 11) is 0. The first-order valence-electron chi connectivity index (χ1n) is 6.72. The summed E-state index contributed by atoms with van der Waals surface area (Å²) < 4.78 is 6.19. The minimum absolute atomic E-state index is 0.198. The second-order valence-corrected chi connectivity index (χ2v) is 4.63. The van der Waals surface area contributed by atoms with Crippen molar-refractivity contribution in [2.24, 2.45) is 0 Å². The van der Waals surface area contributed by atoms with Gasteiger partial charge in [0.2, 0.25) is 0 Å². The molecule has 0 saturated carbocycles. The van der Waals surface area contributed by atoms with Gasteiger partial charge in [-0.05, 0) is 33.8 Å².